The van der Waals surface area contributed by atoms with Gasteiger partial charge in [-0.2, -0.15) is 0 Å². The molecule has 2 N–H and O–H groups in total. The van der Waals surface area contributed by atoms with Gasteiger partial charge in [-0.1, -0.05) is 33.6 Å². The van der Waals surface area contributed by atoms with Gasteiger partial charge in [-0.25, -0.2) is 0 Å². The fourth-order valence-electron chi connectivity index (χ4n) is 1.68. The van der Waals surface area contributed by atoms with Gasteiger partial charge in [-0.15, -0.1) is 0 Å². The van der Waals surface area contributed by atoms with E-state index in [1.54, 1.807) is 7.05 Å². The molecule has 0 bridgehead atoms. The molecule has 0 aromatic carbocycles. The first-order valence-corrected chi connectivity index (χ1v) is 10.5. The van der Waals surface area contributed by atoms with E-state index in [0.29, 0.717) is 65.9 Å². The Morgan fingerprint density at radius 3 is 1.43 bits per heavy atom. The number of hydrogen-bond donors (Lipinski definition) is 1. The zero-order valence-electron chi connectivity index (χ0n) is 18.6. The molecular weight excluding hydrogens is 364 g/mol. The third kappa shape index (κ3) is 25.2. The minimum atomic E-state index is -0.0217. The van der Waals surface area contributed by atoms with Gasteiger partial charge in [0.2, 0.25) is 5.91 Å². The van der Waals surface area contributed by atoms with Gasteiger partial charge in [0.05, 0.1) is 72.6 Å². The molecule has 0 aliphatic carbocycles. The summed E-state index contributed by atoms with van der Waals surface area (Å²) in [7, 11) is 1.66. The summed E-state index contributed by atoms with van der Waals surface area (Å²) in [6.45, 7) is 12.1. The molecule has 0 aromatic rings. The Morgan fingerprint density at radius 2 is 1.07 bits per heavy atom. The van der Waals surface area contributed by atoms with Crippen molar-refractivity contribution in [2.24, 2.45) is 5.73 Å². The van der Waals surface area contributed by atoms with Crippen LogP contribution in [0.25, 0.3) is 0 Å². The molecule has 0 aliphatic heterocycles. The van der Waals surface area contributed by atoms with Crippen molar-refractivity contribution in [1.82, 2.24) is 4.90 Å². The van der Waals surface area contributed by atoms with Crippen LogP contribution in [0, 0.1) is 0 Å². The lowest BCUT2D eigenvalue weighted by molar-refractivity contribution is -0.131. The monoisotopic (exact) mass is 408 g/mol. The summed E-state index contributed by atoms with van der Waals surface area (Å²) in [6, 6.07) is 0. The molecule has 0 spiro atoms. The molecule has 0 radical (unpaired) electrons. The number of rotatable bonds is 19. The van der Waals surface area contributed by atoms with E-state index in [0.717, 1.165) is 19.4 Å². The third-order valence-electron chi connectivity index (χ3n) is 3.29. The summed E-state index contributed by atoms with van der Waals surface area (Å²) in [5, 5.41) is 0. The van der Waals surface area contributed by atoms with Gasteiger partial charge >= 0.3 is 0 Å². The van der Waals surface area contributed by atoms with Crippen LogP contribution in [0.2, 0.25) is 0 Å². The van der Waals surface area contributed by atoms with Crippen molar-refractivity contribution in [2.75, 3.05) is 79.8 Å². The molecule has 0 fully saturated rings. The van der Waals surface area contributed by atoms with Crippen LogP contribution in [0.3, 0.4) is 0 Å². The maximum atomic E-state index is 11.4. The van der Waals surface area contributed by atoms with Crippen molar-refractivity contribution < 1.29 is 28.5 Å². The second kappa shape index (κ2) is 26.2. The molecule has 0 aromatic heterocycles. The standard InChI is InChI=1S/C17H36N2O6.C3H8/c1-3-4-6-21-8-10-23-12-14-25-15-13-24-11-9-22-7-5-17(20)19(2)16-18;1-3-2/h3-16,18H2,1-2H3;3H2,1-2H3. The average molecular weight is 409 g/mol. The van der Waals surface area contributed by atoms with Gasteiger partial charge in [0.15, 0.2) is 0 Å². The molecule has 0 rings (SSSR count). The first kappa shape index (κ1) is 29.4. The van der Waals surface area contributed by atoms with E-state index in [4.69, 9.17) is 29.4 Å². The summed E-state index contributed by atoms with van der Waals surface area (Å²) in [6.07, 6.45) is 3.83. The van der Waals surface area contributed by atoms with Gasteiger partial charge in [-0.3, -0.25) is 4.79 Å². The lowest BCUT2D eigenvalue weighted by Gasteiger charge is -2.13. The second-order valence-corrected chi connectivity index (χ2v) is 6.15. The van der Waals surface area contributed by atoms with Gasteiger partial charge in [0.25, 0.3) is 0 Å². The predicted molar refractivity (Wildman–Crippen MR) is 111 cm³/mol. The minimum absolute atomic E-state index is 0.0217. The van der Waals surface area contributed by atoms with Crippen LogP contribution in [0.4, 0.5) is 0 Å². The van der Waals surface area contributed by atoms with Crippen LogP contribution < -0.4 is 5.73 Å². The number of amides is 1. The quantitative estimate of drug-likeness (QED) is 0.258. The second-order valence-electron chi connectivity index (χ2n) is 6.15. The highest BCUT2D eigenvalue weighted by atomic mass is 16.6. The summed E-state index contributed by atoms with van der Waals surface area (Å²) in [5.41, 5.74) is 5.36. The van der Waals surface area contributed by atoms with E-state index < -0.39 is 0 Å². The topological polar surface area (TPSA) is 92.5 Å². The molecule has 0 aliphatic rings. The largest absolute Gasteiger partial charge is 0.379 e. The highest BCUT2D eigenvalue weighted by Gasteiger charge is 2.05. The van der Waals surface area contributed by atoms with E-state index in [9.17, 15) is 4.79 Å². The van der Waals surface area contributed by atoms with Crippen molar-refractivity contribution in [3.8, 4) is 0 Å². The molecule has 28 heavy (non-hydrogen) atoms. The van der Waals surface area contributed by atoms with Crippen LogP contribution in [-0.4, -0.2) is 90.6 Å². The Bertz CT molecular complexity index is 308. The van der Waals surface area contributed by atoms with E-state index >= 15 is 0 Å². The van der Waals surface area contributed by atoms with E-state index in [1.807, 2.05) is 0 Å². The van der Waals surface area contributed by atoms with Crippen LogP contribution in [0.5, 0.6) is 0 Å². The smallest absolute Gasteiger partial charge is 0.225 e. The summed E-state index contributed by atoms with van der Waals surface area (Å²) in [5.74, 6) is -0.0217. The van der Waals surface area contributed by atoms with Crippen molar-refractivity contribution in [3.63, 3.8) is 0 Å². The molecule has 0 saturated heterocycles. The molecule has 170 valence electrons. The maximum absolute atomic E-state index is 11.4. The van der Waals surface area contributed by atoms with Crippen LogP contribution in [-0.2, 0) is 28.5 Å². The molecule has 8 nitrogen and oxygen atoms in total. The molecule has 1 amide bonds. The highest BCUT2D eigenvalue weighted by molar-refractivity contribution is 5.75. The minimum Gasteiger partial charge on any atom is -0.379 e. The number of carbonyl (C=O) groups excluding carboxylic acids is 1. The lowest BCUT2D eigenvalue weighted by Crippen LogP contribution is -2.32. The number of carbonyl (C=O) groups is 1. The summed E-state index contributed by atoms with van der Waals surface area (Å²) >= 11 is 0. The van der Waals surface area contributed by atoms with Crippen LogP contribution in [0.1, 0.15) is 46.5 Å². The Kier molecular flexibility index (Phi) is 27.6. The van der Waals surface area contributed by atoms with Gasteiger partial charge < -0.3 is 34.3 Å². The Morgan fingerprint density at radius 1 is 0.714 bits per heavy atom. The Balaban J connectivity index is 0. The van der Waals surface area contributed by atoms with Crippen molar-refractivity contribution in [3.05, 3.63) is 0 Å². The number of ether oxygens (including phenoxy) is 5. The van der Waals surface area contributed by atoms with Gasteiger partial charge in [0.1, 0.15) is 0 Å². The van der Waals surface area contributed by atoms with Crippen molar-refractivity contribution in [1.29, 1.82) is 0 Å². The van der Waals surface area contributed by atoms with Crippen molar-refractivity contribution >= 4 is 5.91 Å². The van der Waals surface area contributed by atoms with E-state index in [2.05, 4.69) is 20.8 Å². The number of unbranched alkanes of at least 4 members (excludes halogenated alkanes) is 1. The van der Waals surface area contributed by atoms with E-state index in [-0.39, 0.29) is 12.6 Å². The summed E-state index contributed by atoms with van der Waals surface area (Å²) in [4.78, 5) is 12.9. The molecule has 8 heteroatoms. The van der Waals surface area contributed by atoms with Crippen molar-refractivity contribution in [2.45, 2.75) is 46.5 Å². The fourth-order valence-corrected chi connectivity index (χ4v) is 1.68. The first-order chi connectivity index (χ1) is 13.6. The zero-order chi connectivity index (χ0) is 21.3. The predicted octanol–water partition coefficient (Wildman–Crippen LogP) is 2.05. The van der Waals surface area contributed by atoms with Gasteiger partial charge in [0, 0.05) is 13.7 Å². The number of nitrogens with two attached hydrogens (primary N) is 1. The van der Waals surface area contributed by atoms with Crippen LogP contribution >= 0.6 is 0 Å². The molecular formula is C20H44N2O6. The Labute approximate surface area is 172 Å². The zero-order valence-corrected chi connectivity index (χ0v) is 18.6. The van der Waals surface area contributed by atoms with Gasteiger partial charge in [-0.05, 0) is 6.42 Å². The molecule has 0 saturated carbocycles. The summed E-state index contributed by atoms with van der Waals surface area (Å²) < 4.78 is 26.8. The van der Waals surface area contributed by atoms with Crippen LogP contribution in [0.15, 0.2) is 0 Å². The lowest BCUT2D eigenvalue weighted by atomic mass is 10.4. The SMILES string of the molecule is CCC.CCCCOCCOCCOCCOCCOCCC(=O)N(C)CN. The third-order valence-corrected chi connectivity index (χ3v) is 3.29. The molecule has 0 atom stereocenters. The maximum Gasteiger partial charge on any atom is 0.225 e. The Hall–Kier alpha value is -0.770. The number of nitrogens with zero attached hydrogens (tertiary/aromatic N) is 1. The van der Waals surface area contributed by atoms with E-state index in [1.165, 1.54) is 11.3 Å². The molecule has 0 heterocycles. The normalized spacial score (nSPS) is 10.5. The molecule has 0 unspecified atom stereocenters. The number of hydrogen-bond acceptors (Lipinski definition) is 7. The first-order valence-electron chi connectivity index (χ1n) is 10.5. The fraction of sp³-hybridized carbons (Fsp3) is 0.950. The average Bonchev–Trinajstić information content (AvgIpc) is 2.70. The highest BCUT2D eigenvalue weighted by Crippen LogP contribution is 1.91.